The van der Waals surface area contributed by atoms with Gasteiger partial charge in [-0.3, -0.25) is 9.59 Å². The molecule has 3 rings (SSSR count). The van der Waals surface area contributed by atoms with Gasteiger partial charge in [-0.25, -0.2) is 4.57 Å². The second-order valence-electron chi connectivity index (χ2n) is 7.77. The first kappa shape index (κ1) is 25.3. The van der Waals surface area contributed by atoms with E-state index in [-0.39, 0.29) is 46.1 Å². The van der Waals surface area contributed by atoms with Crippen LogP contribution >= 0.6 is 18.2 Å². The molecule has 0 fully saturated rings. The van der Waals surface area contributed by atoms with E-state index in [1.165, 1.54) is 12.1 Å². The number of benzene rings is 2. The maximum absolute atomic E-state index is 13.3. The third-order valence-electron chi connectivity index (χ3n) is 5.14. The van der Waals surface area contributed by atoms with E-state index in [2.05, 4.69) is 0 Å². The highest BCUT2D eigenvalue weighted by Gasteiger charge is 2.39. The minimum Gasteiger partial charge on any atom is -0.507 e. The van der Waals surface area contributed by atoms with E-state index in [9.17, 15) is 29.5 Å². The lowest BCUT2D eigenvalue weighted by atomic mass is 9.82. The Balaban J connectivity index is 2.06. The molecule has 3 N–H and O–H groups in total. The molecule has 2 aromatic carbocycles. The van der Waals surface area contributed by atoms with Gasteiger partial charge in [-0.15, -0.1) is 0 Å². The predicted octanol–water partition coefficient (Wildman–Crippen LogP) is 5.72. The third kappa shape index (κ3) is 5.11. The van der Waals surface area contributed by atoms with Gasteiger partial charge >= 0.3 is 6.80 Å². The van der Waals surface area contributed by atoms with Gasteiger partial charge in [-0.2, -0.15) is 0 Å². The molecule has 33 heavy (non-hydrogen) atoms. The van der Waals surface area contributed by atoms with E-state index in [4.69, 9.17) is 9.05 Å². The number of rotatable bonds is 10. The van der Waals surface area contributed by atoms with E-state index >= 15 is 0 Å². The van der Waals surface area contributed by atoms with Crippen molar-refractivity contribution in [3.63, 3.8) is 0 Å². The molecule has 0 spiro atoms. The quantitative estimate of drug-likeness (QED) is 0.239. The van der Waals surface area contributed by atoms with Gasteiger partial charge < -0.3 is 24.4 Å². The minimum atomic E-state index is -3.86. The molecule has 10 heteroatoms. The molecule has 0 amide bonds. The standard InChI is InChI=1S/C23H27O8PS/c1-4-6-8-30-32(29,31-9-7-5-2)33-23-17(25)12-15-19(22(23)28)21(27)18-14(20(15)26)10-13(3)11-16(18)24/h10-12,24-25,28H,4-9H2,1-3H3. The third-order valence-corrected chi connectivity index (χ3v) is 8.80. The number of aromatic hydroxyl groups is 3. The number of aryl methyl sites for hydroxylation is 1. The van der Waals surface area contributed by atoms with Crippen LogP contribution in [-0.4, -0.2) is 40.1 Å². The van der Waals surface area contributed by atoms with E-state index in [0.717, 1.165) is 18.9 Å². The van der Waals surface area contributed by atoms with Crippen molar-refractivity contribution >= 4 is 29.7 Å². The van der Waals surface area contributed by atoms with Gasteiger partial charge in [0.15, 0.2) is 5.78 Å². The molecule has 0 radical (unpaired) electrons. The molecule has 0 heterocycles. The molecule has 0 bridgehead atoms. The molecule has 0 aromatic heterocycles. The fraction of sp³-hybridized carbons (Fsp3) is 0.391. The van der Waals surface area contributed by atoms with Crippen molar-refractivity contribution in [2.45, 2.75) is 51.3 Å². The Morgan fingerprint density at radius 3 is 2.00 bits per heavy atom. The van der Waals surface area contributed by atoms with Crippen LogP contribution < -0.4 is 0 Å². The lowest BCUT2D eigenvalue weighted by Gasteiger charge is -2.23. The second kappa shape index (κ2) is 10.3. The number of carbonyl (C=O) groups is 2. The Morgan fingerprint density at radius 1 is 0.848 bits per heavy atom. The average Bonchev–Trinajstić information content (AvgIpc) is 2.74. The first-order chi connectivity index (χ1) is 15.6. The maximum Gasteiger partial charge on any atom is 0.394 e. The summed E-state index contributed by atoms with van der Waals surface area (Å²) >= 11 is 0.494. The van der Waals surface area contributed by atoms with Crippen molar-refractivity contribution in [1.29, 1.82) is 0 Å². The van der Waals surface area contributed by atoms with Gasteiger partial charge in [-0.05, 0) is 43.5 Å². The number of carbonyl (C=O) groups excluding carboxylic acids is 2. The lowest BCUT2D eigenvalue weighted by Crippen LogP contribution is -2.21. The number of ketones is 2. The normalized spacial score (nSPS) is 13.2. The topological polar surface area (TPSA) is 130 Å². The smallest absolute Gasteiger partial charge is 0.394 e. The summed E-state index contributed by atoms with van der Waals surface area (Å²) in [4.78, 5) is 25.9. The SMILES string of the molecule is CCCCOP(=O)(OCCCC)Sc1c(O)cc2c(c1O)C(=O)c1c(O)cc(C)cc1C2=O. The Kier molecular flexibility index (Phi) is 7.90. The molecular weight excluding hydrogens is 467 g/mol. The zero-order valence-corrected chi connectivity index (χ0v) is 20.4. The van der Waals surface area contributed by atoms with Crippen LogP contribution in [0.4, 0.5) is 0 Å². The molecule has 2 aromatic rings. The summed E-state index contributed by atoms with van der Waals surface area (Å²) in [7, 11) is 0. The molecule has 1 aliphatic carbocycles. The van der Waals surface area contributed by atoms with Crippen molar-refractivity contribution < 1.29 is 38.5 Å². The summed E-state index contributed by atoms with van der Waals surface area (Å²) in [6.07, 6.45) is 2.86. The zero-order chi connectivity index (χ0) is 24.3. The van der Waals surface area contributed by atoms with Gasteiger partial charge in [0.05, 0.1) is 24.3 Å². The summed E-state index contributed by atoms with van der Waals surface area (Å²) in [6.45, 7) is 1.99. The first-order valence-electron chi connectivity index (χ1n) is 10.7. The molecule has 0 unspecified atom stereocenters. The molecule has 178 valence electrons. The minimum absolute atomic E-state index is 0.0133. The number of phenols is 3. The molecule has 1 aliphatic rings. The summed E-state index contributed by atoms with van der Waals surface area (Å²) in [6, 6.07) is 3.87. The van der Waals surface area contributed by atoms with E-state index < -0.39 is 29.9 Å². The summed E-state index contributed by atoms with van der Waals surface area (Å²) < 4.78 is 24.3. The van der Waals surface area contributed by atoms with Crippen molar-refractivity contribution in [3.8, 4) is 17.2 Å². The monoisotopic (exact) mass is 494 g/mol. The maximum atomic E-state index is 13.3. The summed E-state index contributed by atoms with van der Waals surface area (Å²) in [5, 5.41) is 31.8. The van der Waals surface area contributed by atoms with Crippen molar-refractivity contribution in [3.05, 3.63) is 46.0 Å². The first-order valence-corrected chi connectivity index (χ1v) is 13.7. The summed E-state index contributed by atoms with van der Waals surface area (Å²) in [5.41, 5.74) is -0.241. The second-order valence-corrected chi connectivity index (χ2v) is 11.7. The van der Waals surface area contributed by atoms with Gasteiger partial charge in [0.2, 0.25) is 5.78 Å². The average molecular weight is 495 g/mol. The van der Waals surface area contributed by atoms with Crippen LogP contribution in [0.3, 0.4) is 0 Å². The number of hydrogen-bond donors (Lipinski definition) is 3. The Labute approximate surface area is 196 Å². The van der Waals surface area contributed by atoms with Crippen LogP contribution in [0.2, 0.25) is 0 Å². The lowest BCUT2D eigenvalue weighted by molar-refractivity contribution is 0.0973. The van der Waals surface area contributed by atoms with Crippen molar-refractivity contribution in [2.75, 3.05) is 13.2 Å². The van der Waals surface area contributed by atoms with Crippen LogP contribution in [0.15, 0.2) is 23.1 Å². The van der Waals surface area contributed by atoms with Gasteiger partial charge in [-0.1, -0.05) is 26.7 Å². The van der Waals surface area contributed by atoms with Crippen LogP contribution in [-0.2, 0) is 13.6 Å². The van der Waals surface area contributed by atoms with Gasteiger partial charge in [0.1, 0.15) is 22.1 Å². The molecule has 8 nitrogen and oxygen atoms in total. The number of unbranched alkanes of at least 4 members (excludes halogenated alkanes) is 2. The molecule has 0 saturated heterocycles. The van der Waals surface area contributed by atoms with Crippen LogP contribution in [0, 0.1) is 6.92 Å². The highest BCUT2D eigenvalue weighted by Crippen LogP contribution is 2.67. The highest BCUT2D eigenvalue weighted by molar-refractivity contribution is 8.55. The van der Waals surface area contributed by atoms with Crippen molar-refractivity contribution in [1.82, 2.24) is 0 Å². The Bertz CT molecular complexity index is 1130. The number of phenolic OH excluding ortho intramolecular Hbond substituents is 3. The molecular formula is C23H27O8PS. The van der Waals surface area contributed by atoms with Crippen LogP contribution in [0.5, 0.6) is 17.2 Å². The van der Waals surface area contributed by atoms with E-state index in [1.54, 1.807) is 6.92 Å². The molecule has 0 aliphatic heterocycles. The zero-order valence-electron chi connectivity index (χ0n) is 18.7. The van der Waals surface area contributed by atoms with Crippen LogP contribution in [0.1, 0.15) is 76.9 Å². The fourth-order valence-electron chi connectivity index (χ4n) is 3.43. The predicted molar refractivity (Wildman–Crippen MR) is 125 cm³/mol. The largest absolute Gasteiger partial charge is 0.507 e. The Hall–Kier alpha value is -2.32. The highest BCUT2D eigenvalue weighted by atomic mass is 32.7. The van der Waals surface area contributed by atoms with Crippen molar-refractivity contribution in [2.24, 2.45) is 0 Å². The van der Waals surface area contributed by atoms with E-state index in [1.807, 2.05) is 13.8 Å². The van der Waals surface area contributed by atoms with Gasteiger partial charge in [0.25, 0.3) is 0 Å². The number of fused-ring (bicyclic) bond motifs is 2. The van der Waals surface area contributed by atoms with E-state index in [0.29, 0.717) is 29.8 Å². The fourth-order valence-corrected chi connectivity index (χ4v) is 6.86. The Morgan fingerprint density at radius 2 is 1.42 bits per heavy atom. The number of hydrogen-bond acceptors (Lipinski definition) is 9. The van der Waals surface area contributed by atoms with Gasteiger partial charge in [0, 0.05) is 22.5 Å². The molecule has 0 saturated carbocycles. The molecule has 0 atom stereocenters. The summed E-state index contributed by atoms with van der Waals surface area (Å²) in [5.74, 6) is -3.02. The van der Waals surface area contributed by atoms with Crippen LogP contribution in [0.25, 0.3) is 0 Å².